The zero-order valence-corrected chi connectivity index (χ0v) is 16.9. The second-order valence-corrected chi connectivity index (χ2v) is 8.89. The Balaban J connectivity index is 1.66. The second-order valence-electron chi connectivity index (χ2n) is 6.98. The molecule has 0 aliphatic heterocycles. The molecule has 2 heterocycles. The van der Waals surface area contributed by atoms with Crippen LogP contribution in [0.5, 0.6) is 0 Å². The third-order valence-corrected chi connectivity index (χ3v) is 5.47. The summed E-state index contributed by atoms with van der Waals surface area (Å²) in [5.41, 5.74) is 0.589. The van der Waals surface area contributed by atoms with E-state index < -0.39 is 0 Å². The van der Waals surface area contributed by atoms with Gasteiger partial charge in [0.2, 0.25) is 11.8 Å². The lowest BCUT2D eigenvalue weighted by Gasteiger charge is -2.18. The molecular formula is C19H20FN3O2S2. The minimum atomic E-state index is -0.327. The molecule has 0 radical (unpaired) electrons. The summed E-state index contributed by atoms with van der Waals surface area (Å²) < 4.78 is 18.8. The van der Waals surface area contributed by atoms with E-state index >= 15 is 0 Å². The predicted molar refractivity (Wildman–Crippen MR) is 104 cm³/mol. The van der Waals surface area contributed by atoms with E-state index in [4.69, 9.17) is 4.42 Å². The Hall–Kier alpha value is -2.19. The van der Waals surface area contributed by atoms with E-state index in [1.165, 1.54) is 35.2 Å². The number of amides is 1. The molecule has 0 saturated carbocycles. The Bertz CT molecular complexity index is 887. The first-order valence-electron chi connectivity index (χ1n) is 8.38. The summed E-state index contributed by atoms with van der Waals surface area (Å²) in [7, 11) is 0. The van der Waals surface area contributed by atoms with Crippen molar-refractivity contribution in [2.75, 3.05) is 5.75 Å². The molecule has 1 N–H and O–H groups in total. The first-order valence-corrected chi connectivity index (χ1v) is 10.2. The molecule has 0 unspecified atom stereocenters. The number of rotatable bonds is 6. The van der Waals surface area contributed by atoms with E-state index in [-0.39, 0.29) is 28.9 Å². The average molecular weight is 406 g/mol. The minimum absolute atomic E-state index is 0.148. The molecule has 0 bridgehead atoms. The summed E-state index contributed by atoms with van der Waals surface area (Å²) in [6.07, 6.45) is 0. The van der Waals surface area contributed by atoms with Gasteiger partial charge in [-0.1, -0.05) is 50.7 Å². The van der Waals surface area contributed by atoms with Crippen molar-refractivity contribution in [3.63, 3.8) is 0 Å². The molecule has 1 amide bonds. The van der Waals surface area contributed by atoms with Crippen LogP contribution in [0.1, 0.15) is 43.1 Å². The van der Waals surface area contributed by atoms with E-state index in [0.717, 1.165) is 10.4 Å². The van der Waals surface area contributed by atoms with E-state index in [0.29, 0.717) is 11.1 Å². The number of nitrogens with one attached hydrogen (secondary N) is 1. The van der Waals surface area contributed by atoms with Crippen LogP contribution in [0.25, 0.3) is 0 Å². The van der Waals surface area contributed by atoms with E-state index in [9.17, 15) is 9.18 Å². The van der Waals surface area contributed by atoms with Crippen molar-refractivity contribution in [1.29, 1.82) is 0 Å². The highest BCUT2D eigenvalue weighted by Gasteiger charge is 2.23. The highest BCUT2D eigenvalue weighted by molar-refractivity contribution is 7.99. The number of carbonyl (C=O) groups is 1. The van der Waals surface area contributed by atoms with E-state index in [1.54, 1.807) is 12.1 Å². The number of benzene rings is 1. The standard InChI is InChI=1S/C19H20FN3O2S2/c1-19(2,3)17-22-23-18(25-17)27-11-15(24)21-16(14-5-4-10-26-14)12-6-8-13(20)9-7-12/h4-10,16H,11H2,1-3H3,(H,21,24)/t16-/m0/s1. The van der Waals surface area contributed by atoms with Gasteiger partial charge in [0.05, 0.1) is 11.8 Å². The van der Waals surface area contributed by atoms with Gasteiger partial charge in [-0.2, -0.15) is 0 Å². The van der Waals surface area contributed by atoms with Crippen LogP contribution in [-0.2, 0) is 10.2 Å². The van der Waals surface area contributed by atoms with Crippen LogP contribution in [-0.4, -0.2) is 21.9 Å². The van der Waals surface area contributed by atoms with Crippen LogP contribution < -0.4 is 5.32 Å². The molecule has 1 atom stereocenters. The topological polar surface area (TPSA) is 68.0 Å². The fraction of sp³-hybridized carbons (Fsp3) is 0.316. The molecule has 1 aromatic carbocycles. The fourth-order valence-electron chi connectivity index (χ4n) is 2.33. The van der Waals surface area contributed by atoms with Gasteiger partial charge < -0.3 is 9.73 Å². The van der Waals surface area contributed by atoms with Crippen molar-refractivity contribution in [1.82, 2.24) is 15.5 Å². The normalized spacial score (nSPS) is 12.7. The van der Waals surface area contributed by atoms with Gasteiger partial charge >= 0.3 is 0 Å². The molecule has 3 rings (SSSR count). The molecule has 2 aromatic heterocycles. The van der Waals surface area contributed by atoms with Gasteiger partial charge in [-0.05, 0) is 29.1 Å². The molecule has 0 spiro atoms. The number of aromatic nitrogens is 2. The summed E-state index contributed by atoms with van der Waals surface area (Å²) in [5.74, 6) is 0.206. The smallest absolute Gasteiger partial charge is 0.277 e. The monoisotopic (exact) mass is 405 g/mol. The first kappa shape index (κ1) is 19.6. The Labute approximate surface area is 165 Å². The van der Waals surface area contributed by atoms with Crippen LogP contribution in [0.3, 0.4) is 0 Å². The van der Waals surface area contributed by atoms with Gasteiger partial charge in [-0.3, -0.25) is 4.79 Å². The molecule has 8 heteroatoms. The maximum Gasteiger partial charge on any atom is 0.277 e. The fourth-order valence-corrected chi connectivity index (χ4v) is 3.71. The molecule has 0 aliphatic carbocycles. The lowest BCUT2D eigenvalue weighted by atomic mass is 9.97. The van der Waals surface area contributed by atoms with E-state index in [1.807, 2.05) is 38.3 Å². The van der Waals surface area contributed by atoms with Crippen molar-refractivity contribution in [2.24, 2.45) is 0 Å². The van der Waals surface area contributed by atoms with Crippen molar-refractivity contribution in [3.8, 4) is 0 Å². The van der Waals surface area contributed by atoms with Crippen molar-refractivity contribution >= 4 is 29.0 Å². The molecule has 5 nitrogen and oxygen atoms in total. The average Bonchev–Trinajstić information content (AvgIpc) is 3.30. The quantitative estimate of drug-likeness (QED) is 0.609. The maximum absolute atomic E-state index is 13.2. The van der Waals surface area contributed by atoms with Gasteiger partial charge in [0.15, 0.2) is 0 Å². The van der Waals surface area contributed by atoms with Crippen LogP contribution in [0.2, 0.25) is 0 Å². The number of halogens is 1. The Morgan fingerprint density at radius 1 is 1.26 bits per heavy atom. The lowest BCUT2D eigenvalue weighted by molar-refractivity contribution is -0.119. The third-order valence-electron chi connectivity index (χ3n) is 3.71. The minimum Gasteiger partial charge on any atom is -0.415 e. The van der Waals surface area contributed by atoms with Gasteiger partial charge in [-0.15, -0.1) is 21.5 Å². The summed E-state index contributed by atoms with van der Waals surface area (Å²) in [5, 5.41) is 13.3. The molecule has 3 aromatic rings. The van der Waals surface area contributed by atoms with Crippen molar-refractivity contribution in [3.05, 3.63) is 63.9 Å². The highest BCUT2D eigenvalue weighted by Crippen LogP contribution is 2.27. The molecular weight excluding hydrogens is 385 g/mol. The van der Waals surface area contributed by atoms with Gasteiger partial charge in [0.25, 0.3) is 5.22 Å². The lowest BCUT2D eigenvalue weighted by Crippen LogP contribution is -2.30. The van der Waals surface area contributed by atoms with Crippen LogP contribution in [0.4, 0.5) is 4.39 Å². The first-order chi connectivity index (χ1) is 12.8. The van der Waals surface area contributed by atoms with Crippen molar-refractivity contribution < 1.29 is 13.6 Å². The molecule has 0 saturated heterocycles. The van der Waals surface area contributed by atoms with Gasteiger partial charge in [-0.25, -0.2) is 4.39 Å². The van der Waals surface area contributed by atoms with E-state index in [2.05, 4.69) is 15.5 Å². The number of thioether (sulfide) groups is 1. The second kappa shape index (κ2) is 8.22. The summed E-state index contributed by atoms with van der Waals surface area (Å²) in [4.78, 5) is 13.5. The van der Waals surface area contributed by atoms with Gasteiger partial charge in [0.1, 0.15) is 5.82 Å². The Kier molecular flexibility index (Phi) is 5.96. The highest BCUT2D eigenvalue weighted by atomic mass is 32.2. The van der Waals surface area contributed by atoms with Crippen LogP contribution in [0.15, 0.2) is 51.4 Å². The third kappa shape index (κ3) is 5.17. The summed E-state index contributed by atoms with van der Waals surface area (Å²) >= 11 is 2.73. The Morgan fingerprint density at radius 2 is 2.00 bits per heavy atom. The molecule has 142 valence electrons. The molecule has 27 heavy (non-hydrogen) atoms. The molecule has 0 fully saturated rings. The molecule has 0 aliphatic rings. The summed E-state index contributed by atoms with van der Waals surface area (Å²) in [6, 6.07) is 9.68. The number of nitrogens with zero attached hydrogens (tertiary/aromatic N) is 2. The SMILES string of the molecule is CC(C)(C)c1nnc(SCC(=O)N[C@@H](c2ccc(F)cc2)c2cccs2)o1. The number of thiophene rings is 1. The number of carbonyl (C=O) groups excluding carboxylic acids is 1. The van der Waals surface area contributed by atoms with Gasteiger partial charge in [0, 0.05) is 10.3 Å². The van der Waals surface area contributed by atoms with Crippen LogP contribution >= 0.6 is 23.1 Å². The zero-order valence-electron chi connectivity index (χ0n) is 15.2. The zero-order chi connectivity index (χ0) is 19.4. The van der Waals surface area contributed by atoms with Crippen LogP contribution in [0, 0.1) is 5.82 Å². The largest absolute Gasteiger partial charge is 0.415 e. The predicted octanol–water partition coefficient (Wildman–Crippen LogP) is 4.57. The maximum atomic E-state index is 13.2. The summed E-state index contributed by atoms with van der Waals surface area (Å²) in [6.45, 7) is 5.95. The number of hydrogen-bond acceptors (Lipinski definition) is 6. The van der Waals surface area contributed by atoms with Crippen molar-refractivity contribution in [2.45, 2.75) is 37.5 Å². The number of hydrogen-bond donors (Lipinski definition) is 1. The Morgan fingerprint density at radius 3 is 2.59 bits per heavy atom.